The predicted octanol–water partition coefficient (Wildman–Crippen LogP) is 3.25. The minimum atomic E-state index is -0.214. The minimum absolute atomic E-state index is 0.204. The van der Waals surface area contributed by atoms with Crippen molar-refractivity contribution in [3.05, 3.63) is 41.1 Å². The molecule has 29 heavy (non-hydrogen) atoms. The number of unbranched alkanes of at least 4 members (excludes halogenated alkanes) is 3. The van der Waals surface area contributed by atoms with Crippen molar-refractivity contribution in [2.24, 2.45) is 0 Å². The van der Waals surface area contributed by atoms with Gasteiger partial charge in [0.05, 0.1) is 18.8 Å². The number of methoxy groups -OCH3 is 2. The van der Waals surface area contributed by atoms with E-state index in [1.54, 1.807) is 14.2 Å². The van der Waals surface area contributed by atoms with Crippen LogP contribution in [-0.2, 0) is 19.1 Å². The normalized spacial score (nSPS) is 14.3. The summed E-state index contributed by atoms with van der Waals surface area (Å²) in [5, 5.41) is 0. The van der Waals surface area contributed by atoms with Gasteiger partial charge in [0.2, 0.25) is 0 Å². The summed E-state index contributed by atoms with van der Waals surface area (Å²) in [7, 11) is 3.26. The summed E-state index contributed by atoms with van der Waals surface area (Å²) >= 11 is 0. The zero-order valence-corrected chi connectivity index (χ0v) is 18.2. The Bertz CT molecular complexity index is 704. The molecule has 1 aromatic carbocycles. The van der Waals surface area contributed by atoms with E-state index in [2.05, 4.69) is 6.92 Å². The van der Waals surface area contributed by atoms with Gasteiger partial charge in [-0.05, 0) is 18.9 Å². The van der Waals surface area contributed by atoms with Crippen molar-refractivity contribution in [2.45, 2.75) is 39.5 Å². The third-order valence-corrected chi connectivity index (χ3v) is 5.17. The van der Waals surface area contributed by atoms with E-state index in [-0.39, 0.29) is 11.8 Å². The molecule has 0 saturated heterocycles. The molecule has 0 atom stereocenters. The molecule has 6 heteroatoms. The van der Waals surface area contributed by atoms with Crippen LogP contribution in [0.2, 0.25) is 0 Å². The van der Waals surface area contributed by atoms with Gasteiger partial charge in [0.25, 0.3) is 11.8 Å². The second-order valence-corrected chi connectivity index (χ2v) is 7.38. The second-order valence-electron chi connectivity index (χ2n) is 7.38. The Kier molecular flexibility index (Phi) is 9.35. The summed E-state index contributed by atoms with van der Waals surface area (Å²) in [6, 6.07) is 7.77. The van der Waals surface area contributed by atoms with Crippen molar-refractivity contribution in [3.8, 4) is 0 Å². The largest absolute Gasteiger partial charge is 0.383 e. The summed E-state index contributed by atoms with van der Waals surface area (Å²) in [5.41, 5.74) is 2.83. The Balaban J connectivity index is 2.39. The number of benzene rings is 1. The molecule has 0 bridgehead atoms. The molecule has 1 aliphatic rings. The van der Waals surface area contributed by atoms with Crippen LogP contribution in [0.5, 0.6) is 0 Å². The highest BCUT2D eigenvalue weighted by molar-refractivity contribution is 6.35. The highest BCUT2D eigenvalue weighted by Crippen LogP contribution is 2.32. The molecule has 0 N–H and O–H groups in total. The van der Waals surface area contributed by atoms with Crippen molar-refractivity contribution in [1.82, 2.24) is 9.80 Å². The number of rotatable bonds is 13. The van der Waals surface area contributed by atoms with Crippen LogP contribution in [0, 0.1) is 6.92 Å². The van der Waals surface area contributed by atoms with Crippen molar-refractivity contribution in [2.75, 3.05) is 47.1 Å². The van der Waals surface area contributed by atoms with Crippen LogP contribution in [0.25, 0.3) is 5.57 Å². The van der Waals surface area contributed by atoms with Gasteiger partial charge in [-0.2, -0.15) is 0 Å². The van der Waals surface area contributed by atoms with E-state index in [0.29, 0.717) is 44.1 Å². The van der Waals surface area contributed by atoms with E-state index >= 15 is 0 Å². The van der Waals surface area contributed by atoms with E-state index in [4.69, 9.17) is 9.47 Å². The predicted molar refractivity (Wildman–Crippen MR) is 114 cm³/mol. The maximum absolute atomic E-state index is 13.3. The zero-order chi connectivity index (χ0) is 21.2. The first-order valence-corrected chi connectivity index (χ1v) is 10.5. The minimum Gasteiger partial charge on any atom is -0.383 e. The first-order chi connectivity index (χ1) is 14.0. The molecule has 0 aliphatic carbocycles. The van der Waals surface area contributed by atoms with E-state index < -0.39 is 0 Å². The lowest BCUT2D eigenvalue weighted by Crippen LogP contribution is -2.38. The van der Waals surface area contributed by atoms with Gasteiger partial charge in [-0.15, -0.1) is 0 Å². The molecule has 1 aromatic rings. The van der Waals surface area contributed by atoms with Gasteiger partial charge < -0.3 is 14.4 Å². The molecule has 160 valence electrons. The fourth-order valence-electron chi connectivity index (χ4n) is 3.48. The Morgan fingerprint density at radius 1 is 0.897 bits per heavy atom. The molecular weight excluding hydrogens is 368 g/mol. The first-order valence-electron chi connectivity index (χ1n) is 10.5. The van der Waals surface area contributed by atoms with Gasteiger partial charge in [-0.1, -0.05) is 56.0 Å². The SMILES string of the molecule is CCCCCCN1C(=O)C(c2ccc(C)cc2)=C(N(CCOC)CCOC)C1=O. The second kappa shape index (κ2) is 11.7. The lowest BCUT2D eigenvalue weighted by Gasteiger charge is -2.25. The Hall–Kier alpha value is -2.18. The fourth-order valence-corrected chi connectivity index (χ4v) is 3.48. The van der Waals surface area contributed by atoms with E-state index in [1.807, 2.05) is 36.1 Å². The molecule has 1 heterocycles. The maximum atomic E-state index is 13.3. The summed E-state index contributed by atoms with van der Waals surface area (Å²) in [6.07, 6.45) is 4.06. The maximum Gasteiger partial charge on any atom is 0.277 e. The van der Waals surface area contributed by atoms with Crippen LogP contribution >= 0.6 is 0 Å². The number of amides is 2. The van der Waals surface area contributed by atoms with E-state index in [0.717, 1.165) is 36.8 Å². The number of nitrogens with zero attached hydrogens (tertiary/aromatic N) is 2. The molecule has 0 saturated carbocycles. The molecule has 1 aliphatic heterocycles. The molecule has 0 radical (unpaired) electrons. The van der Waals surface area contributed by atoms with Crippen molar-refractivity contribution in [1.29, 1.82) is 0 Å². The smallest absolute Gasteiger partial charge is 0.277 e. The molecule has 2 amide bonds. The van der Waals surface area contributed by atoms with Crippen LogP contribution in [0.3, 0.4) is 0 Å². The third-order valence-electron chi connectivity index (χ3n) is 5.17. The Labute approximate surface area is 174 Å². The molecular formula is C23H34N2O4. The van der Waals surface area contributed by atoms with E-state index in [1.165, 1.54) is 4.90 Å². The van der Waals surface area contributed by atoms with Crippen molar-refractivity contribution in [3.63, 3.8) is 0 Å². The molecule has 0 fully saturated rings. The van der Waals surface area contributed by atoms with Gasteiger partial charge in [0.1, 0.15) is 5.70 Å². The molecule has 6 nitrogen and oxygen atoms in total. The Morgan fingerprint density at radius 3 is 2.07 bits per heavy atom. The summed E-state index contributed by atoms with van der Waals surface area (Å²) in [6.45, 7) is 6.58. The van der Waals surface area contributed by atoms with Crippen LogP contribution in [0.15, 0.2) is 30.0 Å². The monoisotopic (exact) mass is 402 g/mol. The first kappa shape index (κ1) is 23.1. The molecule has 0 aromatic heterocycles. The number of hydrogen-bond donors (Lipinski definition) is 0. The van der Waals surface area contributed by atoms with Crippen LogP contribution in [-0.4, -0.2) is 68.7 Å². The lowest BCUT2D eigenvalue weighted by atomic mass is 10.0. The lowest BCUT2D eigenvalue weighted by molar-refractivity contribution is -0.137. The number of aryl methyl sites for hydroxylation is 1. The van der Waals surface area contributed by atoms with Gasteiger partial charge in [-0.25, -0.2) is 0 Å². The van der Waals surface area contributed by atoms with Gasteiger partial charge in [0.15, 0.2) is 0 Å². The van der Waals surface area contributed by atoms with Crippen molar-refractivity contribution >= 4 is 17.4 Å². The fraction of sp³-hybridized carbons (Fsp3) is 0.565. The number of imide groups is 1. The topological polar surface area (TPSA) is 59.1 Å². The van der Waals surface area contributed by atoms with Gasteiger partial charge >= 0.3 is 0 Å². The Morgan fingerprint density at radius 2 is 1.52 bits per heavy atom. The number of hydrogen-bond acceptors (Lipinski definition) is 5. The molecule has 2 rings (SSSR count). The number of carbonyl (C=O) groups is 2. The van der Waals surface area contributed by atoms with Gasteiger partial charge in [0, 0.05) is 33.9 Å². The van der Waals surface area contributed by atoms with Crippen LogP contribution < -0.4 is 0 Å². The van der Waals surface area contributed by atoms with Gasteiger partial charge in [-0.3, -0.25) is 14.5 Å². The van der Waals surface area contributed by atoms with Crippen molar-refractivity contribution < 1.29 is 19.1 Å². The third kappa shape index (κ3) is 5.90. The standard InChI is InChI=1S/C23H34N2O4/c1-5-6-7-8-13-25-22(26)20(19-11-9-18(2)10-12-19)21(23(25)27)24(14-16-28-3)15-17-29-4/h9-12H,5-8,13-17H2,1-4H3. The highest BCUT2D eigenvalue weighted by Gasteiger charge is 2.41. The molecule has 0 spiro atoms. The van der Waals surface area contributed by atoms with E-state index in [9.17, 15) is 9.59 Å². The quantitative estimate of drug-likeness (QED) is 0.374. The average Bonchev–Trinajstić information content (AvgIpc) is 2.96. The summed E-state index contributed by atoms with van der Waals surface area (Å²) in [4.78, 5) is 29.9. The number of carbonyl (C=O) groups excluding carboxylic acids is 2. The summed E-state index contributed by atoms with van der Waals surface area (Å²) < 4.78 is 10.5. The van der Waals surface area contributed by atoms with Crippen LogP contribution in [0.1, 0.15) is 43.7 Å². The average molecular weight is 403 g/mol. The number of ether oxygens (including phenoxy) is 2. The molecule has 0 unspecified atom stereocenters. The zero-order valence-electron chi connectivity index (χ0n) is 18.2. The van der Waals surface area contributed by atoms with Crippen LogP contribution in [0.4, 0.5) is 0 Å². The highest BCUT2D eigenvalue weighted by atomic mass is 16.5. The summed E-state index contributed by atoms with van der Waals surface area (Å²) in [5.74, 6) is -0.417.